The van der Waals surface area contributed by atoms with Gasteiger partial charge in [0.15, 0.2) is 11.5 Å². The first-order valence-electron chi connectivity index (χ1n) is 7.63. The van der Waals surface area contributed by atoms with E-state index in [1.165, 1.54) is 7.11 Å². The number of carbonyl (C=O) groups excluding carboxylic acids is 1. The highest BCUT2D eigenvalue weighted by Gasteiger charge is 2.14. The van der Waals surface area contributed by atoms with E-state index in [-0.39, 0.29) is 11.9 Å². The molecule has 128 valence electrons. The zero-order valence-corrected chi connectivity index (χ0v) is 14.5. The smallest absolute Gasteiger partial charge is 0.334 e. The van der Waals surface area contributed by atoms with E-state index in [9.17, 15) is 4.79 Å². The van der Waals surface area contributed by atoms with Gasteiger partial charge in [-0.05, 0) is 29.7 Å². The van der Waals surface area contributed by atoms with Gasteiger partial charge < -0.3 is 18.9 Å². The Morgan fingerprint density at radius 3 is 2.43 bits per heavy atom. The first-order chi connectivity index (χ1) is 11.0. The van der Waals surface area contributed by atoms with Crippen LogP contribution >= 0.6 is 0 Å². The molecule has 0 atom stereocenters. The van der Waals surface area contributed by atoms with Gasteiger partial charge in [-0.15, -0.1) is 0 Å². The summed E-state index contributed by atoms with van der Waals surface area (Å²) in [5.74, 6) is 1.04. The van der Waals surface area contributed by atoms with E-state index in [4.69, 9.17) is 18.9 Å². The summed E-state index contributed by atoms with van der Waals surface area (Å²) in [5, 5.41) is 0. The highest BCUT2D eigenvalue weighted by molar-refractivity contribution is 5.94. The number of benzene rings is 1. The van der Waals surface area contributed by atoms with Crippen LogP contribution in [0.3, 0.4) is 0 Å². The fraction of sp³-hybridized carbons (Fsp3) is 0.500. The maximum Gasteiger partial charge on any atom is 0.334 e. The maximum absolute atomic E-state index is 11.8. The minimum absolute atomic E-state index is 0.0654. The first kappa shape index (κ1) is 19.0. The summed E-state index contributed by atoms with van der Waals surface area (Å²) in [7, 11) is 4.64. The van der Waals surface area contributed by atoms with E-state index >= 15 is 0 Å². The molecule has 0 saturated carbocycles. The zero-order valence-electron chi connectivity index (χ0n) is 14.5. The summed E-state index contributed by atoms with van der Waals surface area (Å²) >= 11 is 0. The van der Waals surface area contributed by atoms with Crippen LogP contribution in [0, 0.1) is 5.92 Å². The van der Waals surface area contributed by atoms with Crippen molar-refractivity contribution >= 4 is 12.0 Å². The molecule has 0 spiro atoms. The summed E-state index contributed by atoms with van der Waals surface area (Å²) in [6.07, 6.45) is 2.61. The van der Waals surface area contributed by atoms with Crippen LogP contribution in [0.2, 0.25) is 0 Å². The second-order valence-corrected chi connectivity index (χ2v) is 5.35. The van der Waals surface area contributed by atoms with Gasteiger partial charge in [0.1, 0.15) is 0 Å². The molecule has 23 heavy (non-hydrogen) atoms. The van der Waals surface area contributed by atoms with Gasteiger partial charge in [-0.1, -0.05) is 19.9 Å². The van der Waals surface area contributed by atoms with Crippen molar-refractivity contribution in [3.63, 3.8) is 0 Å². The molecule has 0 heterocycles. The van der Waals surface area contributed by atoms with Crippen molar-refractivity contribution in [2.45, 2.75) is 20.3 Å². The van der Waals surface area contributed by atoms with Gasteiger partial charge in [0, 0.05) is 25.7 Å². The Hall–Kier alpha value is -2.01. The summed E-state index contributed by atoms with van der Waals surface area (Å²) in [4.78, 5) is 11.8. The number of carbonyl (C=O) groups is 1. The Morgan fingerprint density at radius 1 is 1.13 bits per heavy atom. The van der Waals surface area contributed by atoms with Gasteiger partial charge in [-0.25, -0.2) is 4.79 Å². The van der Waals surface area contributed by atoms with Crippen molar-refractivity contribution in [2.75, 3.05) is 34.5 Å². The SMILES string of the molecule is COCCCOc1cc(C=C(C(=O)OC)C(C)C)ccc1OC. The van der Waals surface area contributed by atoms with Crippen molar-refractivity contribution < 1.29 is 23.7 Å². The molecule has 0 bridgehead atoms. The van der Waals surface area contributed by atoms with Crippen LogP contribution in [0.1, 0.15) is 25.8 Å². The van der Waals surface area contributed by atoms with Crippen LogP contribution in [0.15, 0.2) is 23.8 Å². The van der Waals surface area contributed by atoms with Crippen LogP contribution in [0.5, 0.6) is 11.5 Å². The van der Waals surface area contributed by atoms with Gasteiger partial charge in [-0.2, -0.15) is 0 Å². The summed E-state index contributed by atoms with van der Waals surface area (Å²) in [6.45, 7) is 5.08. The minimum atomic E-state index is -0.321. The molecule has 0 fully saturated rings. The summed E-state index contributed by atoms with van der Waals surface area (Å²) in [6, 6.07) is 5.57. The van der Waals surface area contributed by atoms with Crippen molar-refractivity contribution in [3.05, 3.63) is 29.3 Å². The molecule has 1 rings (SSSR count). The van der Waals surface area contributed by atoms with Gasteiger partial charge in [0.2, 0.25) is 0 Å². The van der Waals surface area contributed by atoms with E-state index < -0.39 is 0 Å². The number of hydrogen-bond acceptors (Lipinski definition) is 5. The molecule has 1 aromatic rings. The fourth-order valence-electron chi connectivity index (χ4n) is 2.04. The molecular formula is C18H26O5. The largest absolute Gasteiger partial charge is 0.493 e. The van der Waals surface area contributed by atoms with Crippen LogP contribution in [0.25, 0.3) is 6.08 Å². The van der Waals surface area contributed by atoms with Crippen LogP contribution in [0.4, 0.5) is 0 Å². The average Bonchev–Trinajstić information content (AvgIpc) is 2.55. The highest BCUT2D eigenvalue weighted by Crippen LogP contribution is 2.29. The summed E-state index contributed by atoms with van der Waals surface area (Å²) in [5.41, 5.74) is 1.48. The molecule has 5 heteroatoms. The molecule has 0 aliphatic heterocycles. The molecule has 0 saturated heterocycles. The maximum atomic E-state index is 11.8. The third kappa shape index (κ3) is 5.94. The van der Waals surface area contributed by atoms with Crippen LogP contribution in [-0.4, -0.2) is 40.5 Å². The van der Waals surface area contributed by atoms with Crippen molar-refractivity contribution in [1.29, 1.82) is 0 Å². The number of esters is 1. The Kier molecular flexibility index (Phi) is 8.19. The van der Waals surface area contributed by atoms with Crippen LogP contribution < -0.4 is 9.47 Å². The Labute approximate surface area is 138 Å². The second kappa shape index (κ2) is 9.90. The molecule has 0 aromatic heterocycles. The molecule has 0 unspecified atom stereocenters. The topological polar surface area (TPSA) is 54.0 Å². The molecule has 1 aromatic carbocycles. The lowest BCUT2D eigenvalue weighted by Gasteiger charge is -2.13. The fourth-order valence-corrected chi connectivity index (χ4v) is 2.04. The molecule has 0 N–H and O–H groups in total. The lowest BCUT2D eigenvalue weighted by Crippen LogP contribution is -2.10. The number of ether oxygens (including phenoxy) is 4. The molecular weight excluding hydrogens is 296 g/mol. The number of rotatable bonds is 9. The predicted octanol–water partition coefficient (Wildman–Crippen LogP) is 3.32. The van der Waals surface area contributed by atoms with Gasteiger partial charge in [0.05, 0.1) is 20.8 Å². The van der Waals surface area contributed by atoms with E-state index in [2.05, 4.69) is 0 Å². The molecule has 0 aliphatic rings. The average molecular weight is 322 g/mol. The number of hydrogen-bond donors (Lipinski definition) is 0. The molecule has 0 amide bonds. The molecule has 5 nitrogen and oxygen atoms in total. The lowest BCUT2D eigenvalue weighted by molar-refractivity contribution is -0.136. The predicted molar refractivity (Wildman–Crippen MR) is 89.8 cm³/mol. The molecule has 0 radical (unpaired) electrons. The standard InChI is InChI=1S/C18H26O5/c1-13(2)15(18(19)22-5)11-14-7-8-16(21-4)17(12-14)23-10-6-9-20-3/h7-8,11-13H,6,9-10H2,1-5H3. The number of methoxy groups -OCH3 is 3. The van der Waals surface area contributed by atoms with E-state index in [0.717, 1.165) is 12.0 Å². The minimum Gasteiger partial charge on any atom is -0.493 e. The zero-order chi connectivity index (χ0) is 17.2. The monoisotopic (exact) mass is 322 g/mol. The lowest BCUT2D eigenvalue weighted by atomic mass is 10.0. The second-order valence-electron chi connectivity index (χ2n) is 5.35. The Balaban J connectivity index is 3.01. The van der Waals surface area contributed by atoms with Gasteiger partial charge in [0.25, 0.3) is 0 Å². The quantitative estimate of drug-likeness (QED) is 0.396. The third-order valence-electron chi connectivity index (χ3n) is 3.30. The van der Waals surface area contributed by atoms with E-state index in [1.807, 2.05) is 38.1 Å². The van der Waals surface area contributed by atoms with E-state index in [0.29, 0.717) is 30.3 Å². The Bertz CT molecular complexity index is 534. The van der Waals surface area contributed by atoms with Crippen molar-refractivity contribution in [3.8, 4) is 11.5 Å². The Morgan fingerprint density at radius 2 is 1.87 bits per heavy atom. The highest BCUT2D eigenvalue weighted by atomic mass is 16.5. The van der Waals surface area contributed by atoms with Gasteiger partial charge in [-0.3, -0.25) is 0 Å². The normalized spacial score (nSPS) is 11.5. The van der Waals surface area contributed by atoms with E-state index in [1.54, 1.807) is 14.2 Å². The van der Waals surface area contributed by atoms with Gasteiger partial charge >= 0.3 is 5.97 Å². The van der Waals surface area contributed by atoms with Crippen molar-refractivity contribution in [1.82, 2.24) is 0 Å². The van der Waals surface area contributed by atoms with Crippen molar-refractivity contribution in [2.24, 2.45) is 5.92 Å². The summed E-state index contributed by atoms with van der Waals surface area (Å²) < 4.78 is 20.9. The molecule has 0 aliphatic carbocycles. The van der Waals surface area contributed by atoms with Crippen LogP contribution in [-0.2, 0) is 14.3 Å². The third-order valence-corrected chi connectivity index (χ3v) is 3.30. The first-order valence-corrected chi connectivity index (χ1v) is 7.63.